The maximum Gasteiger partial charge on any atom is 0.246 e. The third-order valence-electron chi connectivity index (χ3n) is 5.35. The summed E-state index contributed by atoms with van der Waals surface area (Å²) in [6.07, 6.45) is 6.19. The van der Waals surface area contributed by atoms with Crippen LogP contribution < -0.4 is 9.47 Å². The van der Waals surface area contributed by atoms with Crippen LogP contribution in [0.25, 0.3) is 11.6 Å². The zero-order chi connectivity index (χ0) is 22.3. The summed E-state index contributed by atoms with van der Waals surface area (Å²) >= 11 is 0. The van der Waals surface area contributed by atoms with Crippen LogP contribution in [-0.2, 0) is 4.79 Å². The minimum atomic E-state index is -0.0426. The second-order valence-electron chi connectivity index (χ2n) is 7.47. The van der Waals surface area contributed by atoms with Gasteiger partial charge in [0, 0.05) is 19.2 Å². The van der Waals surface area contributed by atoms with Crippen LogP contribution in [0.15, 0.2) is 84.9 Å². The number of carbonyl (C=O) groups excluding carboxylic acids is 1. The Morgan fingerprint density at radius 3 is 2.44 bits per heavy atom. The summed E-state index contributed by atoms with van der Waals surface area (Å²) in [7, 11) is 1.50. The fourth-order valence-electron chi connectivity index (χ4n) is 3.56. The molecule has 1 N–H and O–H groups in total. The predicted octanol–water partition coefficient (Wildman–Crippen LogP) is 5.52. The smallest absolute Gasteiger partial charge is 0.246 e. The molecule has 1 heterocycles. The summed E-state index contributed by atoms with van der Waals surface area (Å²) in [6.45, 7) is 1.23. The van der Waals surface area contributed by atoms with E-state index >= 15 is 0 Å². The summed E-state index contributed by atoms with van der Waals surface area (Å²) in [6, 6.07) is 22.7. The minimum absolute atomic E-state index is 0.0426. The maximum atomic E-state index is 12.6. The van der Waals surface area contributed by atoms with Crippen molar-refractivity contribution >= 4 is 17.6 Å². The molecular weight excluding hydrogens is 402 g/mol. The number of para-hydroxylation sites is 1. The van der Waals surface area contributed by atoms with Crippen molar-refractivity contribution in [2.24, 2.45) is 0 Å². The van der Waals surface area contributed by atoms with Crippen LogP contribution in [0.2, 0.25) is 0 Å². The number of aromatic hydroxyl groups is 1. The SMILES string of the molecule is COc1cc(C=CC(=O)N2CC=C(c3ccc(Oc4ccccc4)cc3)CC2)ccc1O. The van der Waals surface area contributed by atoms with Crippen molar-refractivity contribution in [1.29, 1.82) is 0 Å². The fraction of sp³-hybridized carbons (Fsp3) is 0.148. The summed E-state index contributed by atoms with van der Waals surface area (Å²) in [5.74, 6) is 2.02. The molecule has 162 valence electrons. The van der Waals surface area contributed by atoms with E-state index in [1.54, 1.807) is 30.4 Å². The molecular formula is C27H25NO4. The van der Waals surface area contributed by atoms with Crippen molar-refractivity contribution in [3.8, 4) is 23.0 Å². The van der Waals surface area contributed by atoms with E-state index in [2.05, 4.69) is 18.2 Å². The van der Waals surface area contributed by atoms with Crippen LogP contribution >= 0.6 is 0 Å². The molecule has 4 rings (SSSR count). The van der Waals surface area contributed by atoms with Crippen LogP contribution in [0.1, 0.15) is 17.5 Å². The number of hydrogen-bond acceptors (Lipinski definition) is 4. The zero-order valence-corrected chi connectivity index (χ0v) is 17.9. The molecule has 3 aromatic carbocycles. The molecule has 0 spiro atoms. The number of carbonyl (C=O) groups is 1. The van der Waals surface area contributed by atoms with Gasteiger partial charge in [-0.15, -0.1) is 0 Å². The van der Waals surface area contributed by atoms with Gasteiger partial charge in [0.1, 0.15) is 11.5 Å². The van der Waals surface area contributed by atoms with Crippen LogP contribution in [0.4, 0.5) is 0 Å². The Labute approximate surface area is 187 Å². The van der Waals surface area contributed by atoms with E-state index in [1.807, 2.05) is 47.4 Å². The summed E-state index contributed by atoms with van der Waals surface area (Å²) in [5.41, 5.74) is 3.16. The standard InChI is InChI=1S/C27H25NO4/c1-31-26-19-20(7-13-25(26)29)8-14-27(30)28-17-15-22(16-18-28)21-9-11-24(12-10-21)32-23-5-3-2-4-6-23/h2-15,19,29H,16-18H2,1H3. The molecule has 3 aromatic rings. The topological polar surface area (TPSA) is 59.0 Å². The van der Waals surface area contributed by atoms with Crippen molar-refractivity contribution in [3.63, 3.8) is 0 Å². The molecule has 0 aliphatic carbocycles. The Hall–Kier alpha value is -3.99. The number of phenols is 1. The second-order valence-corrected chi connectivity index (χ2v) is 7.47. The number of rotatable bonds is 6. The second kappa shape index (κ2) is 9.88. The third-order valence-corrected chi connectivity index (χ3v) is 5.35. The molecule has 0 radical (unpaired) electrons. The lowest BCUT2D eigenvalue weighted by Gasteiger charge is -2.25. The highest BCUT2D eigenvalue weighted by Crippen LogP contribution is 2.28. The van der Waals surface area contributed by atoms with Crippen molar-refractivity contribution in [2.45, 2.75) is 6.42 Å². The Morgan fingerprint density at radius 1 is 1.00 bits per heavy atom. The zero-order valence-electron chi connectivity index (χ0n) is 17.9. The Morgan fingerprint density at radius 2 is 1.75 bits per heavy atom. The average molecular weight is 428 g/mol. The van der Waals surface area contributed by atoms with Gasteiger partial charge in [0.05, 0.1) is 7.11 Å². The van der Waals surface area contributed by atoms with Gasteiger partial charge in [-0.05, 0) is 65.6 Å². The number of ether oxygens (including phenoxy) is 2. The number of benzene rings is 3. The maximum absolute atomic E-state index is 12.6. The van der Waals surface area contributed by atoms with Gasteiger partial charge in [0.25, 0.3) is 0 Å². The van der Waals surface area contributed by atoms with Crippen LogP contribution in [-0.4, -0.2) is 36.1 Å². The summed E-state index contributed by atoms with van der Waals surface area (Å²) in [5, 5.41) is 9.68. The Bertz CT molecular complexity index is 1130. The predicted molar refractivity (Wildman–Crippen MR) is 126 cm³/mol. The molecule has 1 aliphatic heterocycles. The molecule has 0 unspecified atom stereocenters. The molecule has 0 bridgehead atoms. The molecule has 0 fully saturated rings. The third kappa shape index (κ3) is 5.19. The number of amides is 1. The molecule has 1 amide bonds. The van der Waals surface area contributed by atoms with Gasteiger partial charge >= 0.3 is 0 Å². The summed E-state index contributed by atoms with van der Waals surface area (Å²) < 4.78 is 11.0. The normalized spacial score (nSPS) is 13.7. The molecule has 5 heteroatoms. The van der Waals surface area contributed by atoms with E-state index in [0.717, 1.165) is 29.0 Å². The van der Waals surface area contributed by atoms with Crippen molar-refractivity contribution in [3.05, 3.63) is 96.1 Å². The first kappa shape index (κ1) is 21.2. The first-order valence-electron chi connectivity index (χ1n) is 10.5. The van der Waals surface area contributed by atoms with Crippen molar-refractivity contribution in [1.82, 2.24) is 4.90 Å². The van der Waals surface area contributed by atoms with Gasteiger partial charge in [0.15, 0.2) is 11.5 Å². The number of phenolic OH excluding ortho intramolecular Hbond substituents is 1. The first-order chi connectivity index (χ1) is 15.6. The largest absolute Gasteiger partial charge is 0.504 e. The highest BCUT2D eigenvalue weighted by molar-refractivity contribution is 5.92. The molecule has 1 aliphatic rings. The quantitative estimate of drug-likeness (QED) is 0.526. The van der Waals surface area contributed by atoms with E-state index < -0.39 is 0 Å². The fourth-order valence-corrected chi connectivity index (χ4v) is 3.56. The van der Waals surface area contributed by atoms with Gasteiger partial charge < -0.3 is 19.5 Å². The van der Waals surface area contributed by atoms with Gasteiger partial charge in [0.2, 0.25) is 5.91 Å². The highest BCUT2D eigenvalue weighted by atomic mass is 16.5. The lowest BCUT2D eigenvalue weighted by molar-refractivity contribution is -0.125. The Kier molecular flexibility index (Phi) is 6.56. The van der Waals surface area contributed by atoms with Gasteiger partial charge in [-0.3, -0.25) is 4.79 Å². The number of methoxy groups -OCH3 is 1. The Balaban J connectivity index is 1.35. The van der Waals surface area contributed by atoms with Gasteiger partial charge in [-0.2, -0.15) is 0 Å². The molecule has 0 saturated carbocycles. The first-order valence-corrected chi connectivity index (χ1v) is 10.5. The van der Waals surface area contributed by atoms with Crippen LogP contribution in [0, 0.1) is 0 Å². The molecule has 5 nitrogen and oxygen atoms in total. The van der Waals surface area contributed by atoms with Crippen LogP contribution in [0.5, 0.6) is 23.0 Å². The number of hydrogen-bond donors (Lipinski definition) is 1. The van der Waals surface area contributed by atoms with E-state index in [1.165, 1.54) is 12.7 Å². The lowest BCUT2D eigenvalue weighted by atomic mass is 9.99. The van der Waals surface area contributed by atoms with Gasteiger partial charge in [-0.25, -0.2) is 0 Å². The van der Waals surface area contributed by atoms with Crippen molar-refractivity contribution < 1.29 is 19.4 Å². The van der Waals surface area contributed by atoms with E-state index in [0.29, 0.717) is 18.8 Å². The monoisotopic (exact) mass is 427 g/mol. The summed E-state index contributed by atoms with van der Waals surface area (Å²) in [4.78, 5) is 14.4. The lowest BCUT2D eigenvalue weighted by Crippen LogP contribution is -2.33. The molecule has 0 atom stereocenters. The molecule has 32 heavy (non-hydrogen) atoms. The van der Waals surface area contributed by atoms with Crippen molar-refractivity contribution in [2.75, 3.05) is 20.2 Å². The highest BCUT2D eigenvalue weighted by Gasteiger charge is 2.16. The van der Waals surface area contributed by atoms with E-state index in [9.17, 15) is 9.90 Å². The average Bonchev–Trinajstić information content (AvgIpc) is 2.84. The minimum Gasteiger partial charge on any atom is -0.504 e. The molecule has 0 aromatic heterocycles. The van der Waals surface area contributed by atoms with E-state index in [4.69, 9.17) is 9.47 Å². The van der Waals surface area contributed by atoms with Gasteiger partial charge in [-0.1, -0.05) is 42.5 Å². The molecule has 0 saturated heterocycles. The van der Waals surface area contributed by atoms with E-state index in [-0.39, 0.29) is 11.7 Å². The number of nitrogens with zero attached hydrogens (tertiary/aromatic N) is 1. The van der Waals surface area contributed by atoms with Crippen LogP contribution in [0.3, 0.4) is 0 Å².